The van der Waals surface area contributed by atoms with Crippen molar-refractivity contribution in [3.63, 3.8) is 0 Å². The highest BCUT2D eigenvalue weighted by molar-refractivity contribution is 7.13. The van der Waals surface area contributed by atoms with Gasteiger partial charge in [-0.2, -0.15) is 4.98 Å². The van der Waals surface area contributed by atoms with Crippen LogP contribution in [-0.4, -0.2) is 16.2 Å². The summed E-state index contributed by atoms with van der Waals surface area (Å²) in [4.78, 5) is 5.48. The summed E-state index contributed by atoms with van der Waals surface area (Å²) in [6, 6.07) is 4.15. The van der Waals surface area contributed by atoms with Crippen LogP contribution in [0.5, 0.6) is 0 Å². The van der Waals surface area contributed by atoms with E-state index in [1.54, 1.807) is 11.3 Å². The molecule has 1 fully saturated rings. The molecular weight excluding hydrogens is 222 g/mol. The number of rotatable bonds is 2. The lowest BCUT2D eigenvalue weighted by Crippen LogP contribution is -2.22. The molecule has 1 aliphatic carbocycles. The molecule has 16 heavy (non-hydrogen) atoms. The van der Waals surface area contributed by atoms with Gasteiger partial charge in [-0.25, -0.2) is 0 Å². The number of thiophene rings is 1. The molecule has 4 nitrogen and oxygen atoms in total. The van der Waals surface area contributed by atoms with E-state index in [-0.39, 0.29) is 12.0 Å². The summed E-state index contributed by atoms with van der Waals surface area (Å²) in [5, 5.41) is 6.01. The maximum atomic E-state index is 6.01. The van der Waals surface area contributed by atoms with Gasteiger partial charge in [-0.3, -0.25) is 0 Å². The van der Waals surface area contributed by atoms with Crippen molar-refractivity contribution >= 4 is 11.3 Å². The fraction of sp³-hybridized carbons (Fsp3) is 0.455. The Labute approximate surface area is 97.5 Å². The van der Waals surface area contributed by atoms with E-state index in [0.29, 0.717) is 11.7 Å². The van der Waals surface area contributed by atoms with Crippen LogP contribution in [0.2, 0.25) is 0 Å². The van der Waals surface area contributed by atoms with E-state index in [9.17, 15) is 0 Å². The Balaban J connectivity index is 1.88. The Hall–Kier alpha value is -1.20. The van der Waals surface area contributed by atoms with Gasteiger partial charge in [-0.05, 0) is 24.3 Å². The molecule has 0 spiro atoms. The van der Waals surface area contributed by atoms with Gasteiger partial charge >= 0.3 is 0 Å². The van der Waals surface area contributed by atoms with Crippen molar-refractivity contribution in [3.8, 4) is 10.7 Å². The van der Waals surface area contributed by atoms with Crippen LogP contribution in [0.15, 0.2) is 22.0 Å². The monoisotopic (exact) mass is 235 g/mol. The highest BCUT2D eigenvalue weighted by Gasteiger charge is 2.30. The molecule has 0 aliphatic heterocycles. The third-order valence-corrected chi connectivity index (χ3v) is 3.94. The second-order valence-electron chi connectivity index (χ2n) is 4.13. The summed E-state index contributed by atoms with van der Waals surface area (Å²) < 4.78 is 5.31. The lowest BCUT2D eigenvalue weighted by Gasteiger charge is -2.08. The average Bonchev–Trinajstić information content (AvgIpc) is 2.96. The Morgan fingerprint density at radius 2 is 2.38 bits per heavy atom. The van der Waals surface area contributed by atoms with Crippen molar-refractivity contribution < 1.29 is 4.52 Å². The van der Waals surface area contributed by atoms with E-state index in [1.165, 1.54) is 0 Å². The molecule has 2 aromatic rings. The zero-order valence-electron chi connectivity index (χ0n) is 8.80. The third kappa shape index (κ3) is 1.66. The van der Waals surface area contributed by atoms with E-state index >= 15 is 0 Å². The van der Waals surface area contributed by atoms with Gasteiger partial charge in [0.15, 0.2) is 0 Å². The summed E-state index contributed by atoms with van der Waals surface area (Å²) in [6.07, 6.45) is 3.27. The maximum absolute atomic E-state index is 6.01. The predicted octanol–water partition coefficient (Wildman–Crippen LogP) is 2.39. The van der Waals surface area contributed by atoms with Crippen LogP contribution in [0, 0.1) is 0 Å². The zero-order valence-corrected chi connectivity index (χ0v) is 9.61. The predicted molar refractivity (Wildman–Crippen MR) is 62.2 cm³/mol. The molecule has 2 atom stereocenters. The highest BCUT2D eigenvalue weighted by atomic mass is 32.1. The fourth-order valence-corrected chi connectivity index (χ4v) is 2.84. The number of hydrogen-bond acceptors (Lipinski definition) is 5. The SMILES string of the molecule is N[C@H]1CCC[C@H]1c1nc(-c2cccs2)no1. The maximum Gasteiger partial charge on any atom is 0.231 e. The van der Waals surface area contributed by atoms with E-state index in [0.717, 1.165) is 24.1 Å². The molecule has 3 rings (SSSR count). The van der Waals surface area contributed by atoms with E-state index in [4.69, 9.17) is 10.3 Å². The number of aromatic nitrogens is 2. The molecule has 0 amide bonds. The quantitative estimate of drug-likeness (QED) is 0.868. The van der Waals surface area contributed by atoms with E-state index in [2.05, 4.69) is 10.1 Å². The Morgan fingerprint density at radius 1 is 1.44 bits per heavy atom. The molecule has 0 aromatic carbocycles. The first-order chi connectivity index (χ1) is 7.84. The van der Waals surface area contributed by atoms with Gasteiger partial charge < -0.3 is 10.3 Å². The van der Waals surface area contributed by atoms with Crippen LogP contribution in [0.4, 0.5) is 0 Å². The van der Waals surface area contributed by atoms with E-state index < -0.39 is 0 Å². The van der Waals surface area contributed by atoms with Gasteiger partial charge in [0.25, 0.3) is 0 Å². The first-order valence-electron chi connectivity index (χ1n) is 5.47. The standard InChI is InChI=1S/C11H13N3OS/c12-8-4-1-3-7(8)11-13-10(14-15-11)9-5-2-6-16-9/h2,5-8H,1,3-4,12H2/t7-,8+/m1/s1. The third-order valence-electron chi connectivity index (χ3n) is 3.07. The van der Waals surface area contributed by atoms with Crippen LogP contribution in [0.25, 0.3) is 10.7 Å². The first-order valence-corrected chi connectivity index (χ1v) is 6.35. The summed E-state index contributed by atoms with van der Waals surface area (Å²) in [7, 11) is 0. The smallest absolute Gasteiger partial charge is 0.231 e. The molecule has 0 radical (unpaired) electrons. The van der Waals surface area contributed by atoms with Crippen LogP contribution >= 0.6 is 11.3 Å². The Bertz CT molecular complexity index is 465. The first kappa shape index (κ1) is 9.99. The molecule has 2 heterocycles. The van der Waals surface area contributed by atoms with Crippen molar-refractivity contribution in [2.45, 2.75) is 31.2 Å². The van der Waals surface area contributed by atoms with Crippen molar-refractivity contribution in [2.24, 2.45) is 5.73 Å². The largest absolute Gasteiger partial charge is 0.339 e. The minimum atomic E-state index is 0.177. The van der Waals surface area contributed by atoms with E-state index in [1.807, 2.05) is 17.5 Å². The minimum absolute atomic E-state index is 0.177. The van der Waals surface area contributed by atoms with Gasteiger partial charge in [-0.1, -0.05) is 17.6 Å². The van der Waals surface area contributed by atoms with Gasteiger partial charge in [0.1, 0.15) is 0 Å². The summed E-state index contributed by atoms with van der Waals surface area (Å²) >= 11 is 1.62. The zero-order chi connectivity index (χ0) is 11.0. The highest BCUT2D eigenvalue weighted by Crippen LogP contribution is 2.33. The van der Waals surface area contributed by atoms with Crippen LogP contribution in [0.3, 0.4) is 0 Å². The van der Waals surface area contributed by atoms with Gasteiger partial charge in [0.2, 0.25) is 11.7 Å². The molecule has 0 saturated heterocycles. The van der Waals surface area contributed by atoms with Crippen molar-refractivity contribution in [1.82, 2.24) is 10.1 Å². The summed E-state index contributed by atoms with van der Waals surface area (Å²) in [5.41, 5.74) is 6.01. The van der Waals surface area contributed by atoms with Crippen molar-refractivity contribution in [3.05, 3.63) is 23.4 Å². The fourth-order valence-electron chi connectivity index (χ4n) is 2.19. The Kier molecular flexibility index (Phi) is 2.49. The topological polar surface area (TPSA) is 64.9 Å². The Morgan fingerprint density at radius 3 is 3.06 bits per heavy atom. The summed E-state index contributed by atoms with van der Waals surface area (Å²) in [6.45, 7) is 0. The average molecular weight is 235 g/mol. The molecule has 1 saturated carbocycles. The normalized spacial score (nSPS) is 25.1. The van der Waals surface area contributed by atoms with Crippen LogP contribution < -0.4 is 5.73 Å². The number of nitrogens with two attached hydrogens (primary N) is 1. The minimum Gasteiger partial charge on any atom is -0.339 e. The molecule has 2 N–H and O–H groups in total. The van der Waals surface area contributed by atoms with Gasteiger partial charge in [0.05, 0.1) is 10.8 Å². The molecule has 2 aromatic heterocycles. The molecule has 0 bridgehead atoms. The van der Waals surface area contributed by atoms with Gasteiger partial charge in [-0.15, -0.1) is 11.3 Å². The number of hydrogen-bond donors (Lipinski definition) is 1. The van der Waals surface area contributed by atoms with Gasteiger partial charge in [0, 0.05) is 6.04 Å². The molecule has 0 unspecified atom stereocenters. The second-order valence-corrected chi connectivity index (χ2v) is 5.08. The number of nitrogens with zero attached hydrogens (tertiary/aromatic N) is 2. The molecule has 84 valence electrons. The second kappa shape index (κ2) is 3.99. The molecule has 5 heteroatoms. The molecule has 1 aliphatic rings. The summed E-state index contributed by atoms with van der Waals surface area (Å²) in [5.74, 6) is 1.64. The van der Waals surface area contributed by atoms with Crippen LogP contribution in [0.1, 0.15) is 31.1 Å². The molecular formula is C11H13N3OS. The lowest BCUT2D eigenvalue weighted by atomic mass is 10.1. The van der Waals surface area contributed by atoms with Crippen molar-refractivity contribution in [2.75, 3.05) is 0 Å². The lowest BCUT2D eigenvalue weighted by molar-refractivity contribution is 0.345. The van der Waals surface area contributed by atoms with Crippen LogP contribution in [-0.2, 0) is 0 Å². The van der Waals surface area contributed by atoms with Crippen molar-refractivity contribution in [1.29, 1.82) is 0 Å².